The van der Waals surface area contributed by atoms with Gasteiger partial charge in [0.15, 0.2) is 0 Å². The maximum absolute atomic E-state index is 5.85. The van der Waals surface area contributed by atoms with Crippen molar-refractivity contribution < 1.29 is 9.47 Å². The number of nitrogens with zero attached hydrogens (tertiary/aromatic N) is 2. The first kappa shape index (κ1) is 14.9. The van der Waals surface area contributed by atoms with Crippen LogP contribution in [0.15, 0.2) is 12.1 Å². The SMILES string of the molecule is CC(C)Oc1nc(NCCN2CCOCC2)ccc1N. The zero-order valence-corrected chi connectivity index (χ0v) is 12.3. The zero-order chi connectivity index (χ0) is 14.4. The molecule has 1 aromatic rings. The lowest BCUT2D eigenvalue weighted by Crippen LogP contribution is -2.39. The lowest BCUT2D eigenvalue weighted by atomic mass is 10.3. The third-order valence-corrected chi connectivity index (χ3v) is 3.07. The van der Waals surface area contributed by atoms with E-state index in [-0.39, 0.29) is 6.10 Å². The van der Waals surface area contributed by atoms with Gasteiger partial charge in [0.2, 0.25) is 5.88 Å². The van der Waals surface area contributed by atoms with E-state index in [0.29, 0.717) is 11.6 Å². The molecule has 6 heteroatoms. The molecule has 1 aliphatic rings. The Labute approximate surface area is 120 Å². The van der Waals surface area contributed by atoms with Gasteiger partial charge in [-0.2, -0.15) is 4.98 Å². The van der Waals surface area contributed by atoms with Gasteiger partial charge < -0.3 is 20.5 Å². The highest BCUT2D eigenvalue weighted by molar-refractivity contribution is 5.53. The average Bonchev–Trinajstić information content (AvgIpc) is 2.43. The van der Waals surface area contributed by atoms with E-state index in [9.17, 15) is 0 Å². The topological polar surface area (TPSA) is 72.6 Å². The third kappa shape index (κ3) is 4.54. The van der Waals surface area contributed by atoms with Crippen molar-refractivity contribution in [3.05, 3.63) is 12.1 Å². The molecular formula is C14H24N4O2. The molecule has 1 saturated heterocycles. The van der Waals surface area contributed by atoms with Crippen molar-refractivity contribution in [1.29, 1.82) is 0 Å². The van der Waals surface area contributed by atoms with Gasteiger partial charge in [-0.1, -0.05) is 0 Å². The molecule has 20 heavy (non-hydrogen) atoms. The van der Waals surface area contributed by atoms with E-state index in [2.05, 4.69) is 15.2 Å². The number of anilines is 2. The maximum atomic E-state index is 5.85. The average molecular weight is 280 g/mol. The van der Waals surface area contributed by atoms with E-state index < -0.39 is 0 Å². The van der Waals surface area contributed by atoms with E-state index >= 15 is 0 Å². The Morgan fingerprint density at radius 2 is 2.15 bits per heavy atom. The fraction of sp³-hybridized carbons (Fsp3) is 0.643. The van der Waals surface area contributed by atoms with Crippen LogP contribution in [0.2, 0.25) is 0 Å². The van der Waals surface area contributed by atoms with Crippen molar-refractivity contribution in [2.75, 3.05) is 50.4 Å². The van der Waals surface area contributed by atoms with E-state index in [0.717, 1.165) is 45.2 Å². The summed E-state index contributed by atoms with van der Waals surface area (Å²) < 4.78 is 10.9. The molecule has 0 aliphatic carbocycles. The molecule has 0 amide bonds. The van der Waals surface area contributed by atoms with Crippen LogP contribution < -0.4 is 15.8 Å². The van der Waals surface area contributed by atoms with Crippen LogP contribution in [0.5, 0.6) is 5.88 Å². The molecule has 2 heterocycles. The number of morpholine rings is 1. The molecule has 0 aromatic carbocycles. The Morgan fingerprint density at radius 1 is 1.40 bits per heavy atom. The number of nitrogens with one attached hydrogen (secondary N) is 1. The molecule has 2 rings (SSSR count). The third-order valence-electron chi connectivity index (χ3n) is 3.07. The largest absolute Gasteiger partial charge is 0.473 e. The first-order chi connectivity index (χ1) is 9.65. The summed E-state index contributed by atoms with van der Waals surface area (Å²) >= 11 is 0. The Bertz CT molecular complexity index is 420. The standard InChI is InChI=1S/C14H24N4O2/c1-11(2)20-14-12(15)3-4-13(17-14)16-5-6-18-7-9-19-10-8-18/h3-4,11H,5-10,15H2,1-2H3,(H,16,17). The summed E-state index contributed by atoms with van der Waals surface area (Å²) in [4.78, 5) is 6.77. The molecule has 0 bridgehead atoms. The number of hydrogen-bond donors (Lipinski definition) is 2. The minimum absolute atomic E-state index is 0.0633. The summed E-state index contributed by atoms with van der Waals surface area (Å²) in [6.45, 7) is 9.39. The minimum atomic E-state index is 0.0633. The normalized spacial score (nSPS) is 16.4. The molecule has 0 spiro atoms. The van der Waals surface area contributed by atoms with Gasteiger partial charge in [-0.3, -0.25) is 4.90 Å². The molecule has 1 fully saturated rings. The number of ether oxygens (including phenoxy) is 2. The first-order valence-electron chi connectivity index (χ1n) is 7.12. The predicted molar refractivity (Wildman–Crippen MR) is 80.2 cm³/mol. The highest BCUT2D eigenvalue weighted by Crippen LogP contribution is 2.21. The first-order valence-corrected chi connectivity index (χ1v) is 7.12. The van der Waals surface area contributed by atoms with Crippen LogP contribution in [-0.4, -0.2) is 55.4 Å². The summed E-state index contributed by atoms with van der Waals surface area (Å²) in [6.07, 6.45) is 0.0633. The molecule has 1 aliphatic heterocycles. The predicted octanol–water partition coefficient (Wildman–Crippen LogP) is 1.20. The fourth-order valence-electron chi connectivity index (χ4n) is 2.03. The van der Waals surface area contributed by atoms with Crippen molar-refractivity contribution in [2.45, 2.75) is 20.0 Å². The number of pyridine rings is 1. The second-order valence-corrected chi connectivity index (χ2v) is 5.14. The van der Waals surface area contributed by atoms with Crippen LogP contribution >= 0.6 is 0 Å². The van der Waals surface area contributed by atoms with Crippen molar-refractivity contribution >= 4 is 11.5 Å². The van der Waals surface area contributed by atoms with Gasteiger partial charge in [-0.05, 0) is 26.0 Å². The highest BCUT2D eigenvalue weighted by Gasteiger charge is 2.10. The molecule has 0 unspecified atom stereocenters. The number of nitrogens with two attached hydrogens (primary N) is 1. The molecule has 0 atom stereocenters. The Morgan fingerprint density at radius 3 is 2.85 bits per heavy atom. The van der Waals surface area contributed by atoms with Gasteiger partial charge >= 0.3 is 0 Å². The zero-order valence-electron chi connectivity index (χ0n) is 12.3. The summed E-state index contributed by atoms with van der Waals surface area (Å²) in [5, 5.41) is 3.30. The minimum Gasteiger partial charge on any atom is -0.473 e. The second-order valence-electron chi connectivity index (χ2n) is 5.14. The van der Waals surface area contributed by atoms with Crippen LogP contribution in [0.4, 0.5) is 11.5 Å². The van der Waals surface area contributed by atoms with Crippen LogP contribution in [0.3, 0.4) is 0 Å². The van der Waals surface area contributed by atoms with Gasteiger partial charge in [-0.15, -0.1) is 0 Å². The lowest BCUT2D eigenvalue weighted by molar-refractivity contribution is 0.0398. The molecule has 1 aromatic heterocycles. The second kappa shape index (κ2) is 7.31. The summed E-state index contributed by atoms with van der Waals surface area (Å²) in [7, 11) is 0. The van der Waals surface area contributed by atoms with Crippen molar-refractivity contribution in [2.24, 2.45) is 0 Å². The van der Waals surface area contributed by atoms with E-state index in [1.807, 2.05) is 26.0 Å². The van der Waals surface area contributed by atoms with E-state index in [1.54, 1.807) is 0 Å². The number of aromatic nitrogens is 1. The van der Waals surface area contributed by atoms with Gasteiger partial charge in [0, 0.05) is 26.2 Å². The summed E-state index contributed by atoms with van der Waals surface area (Å²) in [5.41, 5.74) is 6.41. The number of nitrogen functional groups attached to an aromatic ring is 1. The summed E-state index contributed by atoms with van der Waals surface area (Å²) in [6, 6.07) is 3.70. The smallest absolute Gasteiger partial charge is 0.239 e. The Kier molecular flexibility index (Phi) is 5.43. The molecule has 0 radical (unpaired) electrons. The molecule has 6 nitrogen and oxygen atoms in total. The maximum Gasteiger partial charge on any atom is 0.239 e. The molecule has 0 saturated carbocycles. The van der Waals surface area contributed by atoms with Gasteiger partial charge in [0.05, 0.1) is 25.0 Å². The quantitative estimate of drug-likeness (QED) is 0.815. The Balaban J connectivity index is 1.82. The fourth-order valence-corrected chi connectivity index (χ4v) is 2.03. The number of hydrogen-bond acceptors (Lipinski definition) is 6. The highest BCUT2D eigenvalue weighted by atomic mass is 16.5. The van der Waals surface area contributed by atoms with Crippen LogP contribution in [-0.2, 0) is 4.74 Å². The van der Waals surface area contributed by atoms with Crippen LogP contribution in [0.1, 0.15) is 13.8 Å². The molecule has 112 valence electrons. The van der Waals surface area contributed by atoms with Gasteiger partial charge in [0.25, 0.3) is 0 Å². The Hall–Kier alpha value is -1.53. The summed E-state index contributed by atoms with van der Waals surface area (Å²) in [5.74, 6) is 1.29. The van der Waals surface area contributed by atoms with Gasteiger partial charge in [0.1, 0.15) is 5.82 Å². The van der Waals surface area contributed by atoms with E-state index in [4.69, 9.17) is 15.2 Å². The van der Waals surface area contributed by atoms with Crippen molar-refractivity contribution in [3.63, 3.8) is 0 Å². The van der Waals surface area contributed by atoms with Crippen LogP contribution in [0, 0.1) is 0 Å². The monoisotopic (exact) mass is 280 g/mol. The van der Waals surface area contributed by atoms with Crippen molar-refractivity contribution in [1.82, 2.24) is 9.88 Å². The molecular weight excluding hydrogens is 256 g/mol. The van der Waals surface area contributed by atoms with E-state index in [1.165, 1.54) is 0 Å². The lowest BCUT2D eigenvalue weighted by Gasteiger charge is -2.26. The molecule has 3 N–H and O–H groups in total. The van der Waals surface area contributed by atoms with Crippen LogP contribution in [0.25, 0.3) is 0 Å². The van der Waals surface area contributed by atoms with Gasteiger partial charge in [-0.25, -0.2) is 0 Å². The van der Waals surface area contributed by atoms with Crippen molar-refractivity contribution in [3.8, 4) is 5.88 Å². The number of rotatable bonds is 6.